The lowest BCUT2D eigenvalue weighted by atomic mass is 10.1. The maximum absolute atomic E-state index is 9.55. The summed E-state index contributed by atoms with van der Waals surface area (Å²) in [7, 11) is 2.01. The highest BCUT2D eigenvalue weighted by atomic mass is 16.4. The predicted molar refractivity (Wildman–Crippen MR) is 71.6 cm³/mol. The summed E-state index contributed by atoms with van der Waals surface area (Å²) in [5, 5.41) is 18.8. The molecular formula is C13H23NO4. The Morgan fingerprint density at radius 2 is 1.61 bits per heavy atom. The van der Waals surface area contributed by atoms with Gasteiger partial charge in [0.15, 0.2) is 0 Å². The molecule has 1 atom stereocenters. The van der Waals surface area contributed by atoms with Crippen LogP contribution in [0.15, 0.2) is 23.8 Å². The van der Waals surface area contributed by atoms with Crippen LogP contribution in [0.25, 0.3) is 0 Å². The van der Waals surface area contributed by atoms with Gasteiger partial charge in [0.2, 0.25) is 0 Å². The average Bonchev–Trinajstić information content (AvgIpc) is 2.26. The third-order valence-electron chi connectivity index (χ3n) is 2.01. The molecule has 0 fully saturated rings. The van der Waals surface area contributed by atoms with E-state index in [2.05, 4.69) is 32.2 Å². The van der Waals surface area contributed by atoms with Crippen LogP contribution in [0.5, 0.6) is 0 Å². The van der Waals surface area contributed by atoms with Crippen molar-refractivity contribution in [3.63, 3.8) is 0 Å². The first kappa shape index (κ1) is 18.7. The Morgan fingerprint density at radius 3 is 1.89 bits per heavy atom. The van der Waals surface area contributed by atoms with Gasteiger partial charge in [-0.15, -0.1) is 0 Å². The van der Waals surface area contributed by atoms with E-state index in [4.69, 9.17) is 10.2 Å². The van der Waals surface area contributed by atoms with E-state index in [1.54, 1.807) is 0 Å². The van der Waals surface area contributed by atoms with Gasteiger partial charge in [-0.2, -0.15) is 0 Å². The summed E-state index contributed by atoms with van der Waals surface area (Å²) >= 11 is 0. The van der Waals surface area contributed by atoms with Crippen LogP contribution in [0, 0.1) is 0 Å². The molecule has 0 aliphatic carbocycles. The molecule has 104 valence electrons. The van der Waals surface area contributed by atoms with Gasteiger partial charge in [0.1, 0.15) is 0 Å². The van der Waals surface area contributed by atoms with E-state index in [0.717, 1.165) is 0 Å². The fourth-order valence-electron chi connectivity index (χ4n) is 0.909. The van der Waals surface area contributed by atoms with E-state index >= 15 is 0 Å². The monoisotopic (exact) mass is 257 g/mol. The SMILES string of the molecule is CN[C@H](C)CCC=C(C)C.O=C(O)/C=C\C(=O)O. The topological polar surface area (TPSA) is 86.6 Å². The van der Waals surface area contributed by atoms with Gasteiger partial charge in [0.05, 0.1) is 0 Å². The van der Waals surface area contributed by atoms with Gasteiger partial charge in [-0.3, -0.25) is 0 Å². The first-order valence-corrected chi connectivity index (χ1v) is 5.74. The molecule has 0 saturated carbocycles. The van der Waals surface area contributed by atoms with Crippen LogP contribution in [0.3, 0.4) is 0 Å². The Bertz CT molecular complexity index is 288. The van der Waals surface area contributed by atoms with Crippen molar-refractivity contribution in [2.45, 2.75) is 39.7 Å². The summed E-state index contributed by atoms with van der Waals surface area (Å²) < 4.78 is 0. The van der Waals surface area contributed by atoms with Gasteiger partial charge in [0, 0.05) is 18.2 Å². The minimum Gasteiger partial charge on any atom is -0.478 e. The number of rotatable bonds is 6. The minimum absolute atomic E-state index is 0.558. The number of allylic oxidation sites excluding steroid dienone is 2. The number of nitrogens with one attached hydrogen (secondary N) is 1. The zero-order chi connectivity index (χ0) is 14.6. The van der Waals surface area contributed by atoms with Crippen LogP contribution in [-0.4, -0.2) is 35.2 Å². The van der Waals surface area contributed by atoms with Crippen molar-refractivity contribution in [2.24, 2.45) is 0 Å². The maximum Gasteiger partial charge on any atom is 0.328 e. The van der Waals surface area contributed by atoms with Crippen LogP contribution in [0.4, 0.5) is 0 Å². The number of aliphatic carboxylic acids is 2. The van der Waals surface area contributed by atoms with Crippen molar-refractivity contribution in [3.05, 3.63) is 23.8 Å². The Morgan fingerprint density at radius 1 is 1.17 bits per heavy atom. The first-order chi connectivity index (χ1) is 8.29. The second-order valence-electron chi connectivity index (χ2n) is 4.06. The van der Waals surface area contributed by atoms with Gasteiger partial charge >= 0.3 is 11.9 Å². The van der Waals surface area contributed by atoms with Crippen LogP contribution >= 0.6 is 0 Å². The van der Waals surface area contributed by atoms with Crippen molar-refractivity contribution in [2.75, 3.05) is 7.05 Å². The number of hydrogen-bond acceptors (Lipinski definition) is 3. The molecule has 0 amide bonds. The van der Waals surface area contributed by atoms with Crippen molar-refractivity contribution < 1.29 is 19.8 Å². The second kappa shape index (κ2) is 11.9. The Kier molecular flexibility index (Phi) is 12.3. The third-order valence-corrected chi connectivity index (χ3v) is 2.01. The fourth-order valence-corrected chi connectivity index (χ4v) is 0.909. The summed E-state index contributed by atoms with van der Waals surface area (Å²) in [6.07, 6.45) is 5.84. The largest absolute Gasteiger partial charge is 0.478 e. The van der Waals surface area contributed by atoms with Crippen molar-refractivity contribution in [1.29, 1.82) is 0 Å². The summed E-state index contributed by atoms with van der Waals surface area (Å²) in [5.41, 5.74) is 1.42. The second-order valence-corrected chi connectivity index (χ2v) is 4.06. The molecule has 5 nitrogen and oxygen atoms in total. The molecule has 0 bridgehead atoms. The quantitative estimate of drug-likeness (QED) is 0.501. The van der Waals surface area contributed by atoms with E-state index in [0.29, 0.717) is 18.2 Å². The number of carbonyl (C=O) groups is 2. The third kappa shape index (κ3) is 19.9. The average molecular weight is 257 g/mol. The van der Waals surface area contributed by atoms with Gasteiger partial charge in [-0.1, -0.05) is 11.6 Å². The number of hydrogen-bond donors (Lipinski definition) is 3. The molecule has 0 unspecified atom stereocenters. The summed E-state index contributed by atoms with van der Waals surface area (Å²) in [4.78, 5) is 19.1. The van der Waals surface area contributed by atoms with E-state index in [1.165, 1.54) is 18.4 Å². The molecule has 3 N–H and O–H groups in total. The summed E-state index contributed by atoms with van der Waals surface area (Å²) in [6.45, 7) is 6.49. The van der Waals surface area contributed by atoms with Crippen LogP contribution in [0.1, 0.15) is 33.6 Å². The van der Waals surface area contributed by atoms with Gasteiger partial charge in [-0.05, 0) is 40.7 Å². The molecule has 0 rings (SSSR count). The highest BCUT2D eigenvalue weighted by molar-refractivity contribution is 5.89. The van der Waals surface area contributed by atoms with Gasteiger partial charge < -0.3 is 15.5 Å². The van der Waals surface area contributed by atoms with Crippen LogP contribution < -0.4 is 5.32 Å². The van der Waals surface area contributed by atoms with E-state index in [-0.39, 0.29) is 0 Å². The van der Waals surface area contributed by atoms with E-state index < -0.39 is 11.9 Å². The lowest BCUT2D eigenvalue weighted by Gasteiger charge is -2.06. The highest BCUT2D eigenvalue weighted by Gasteiger charge is 1.93. The maximum atomic E-state index is 9.55. The Balaban J connectivity index is 0. The fraction of sp³-hybridized carbons (Fsp3) is 0.538. The predicted octanol–water partition coefficient (Wildman–Crippen LogP) is 2.05. The summed E-state index contributed by atoms with van der Waals surface area (Å²) in [5.74, 6) is -2.51. The molecule has 0 saturated heterocycles. The van der Waals surface area contributed by atoms with Crippen molar-refractivity contribution >= 4 is 11.9 Å². The van der Waals surface area contributed by atoms with Crippen LogP contribution in [0.2, 0.25) is 0 Å². The van der Waals surface area contributed by atoms with E-state index in [9.17, 15) is 9.59 Å². The standard InChI is InChI=1S/C9H19N.C4H4O4/c1-8(2)6-5-7-9(3)10-4;5-3(6)1-2-4(7)8/h6,9-10H,5,7H2,1-4H3;1-2H,(H,5,6)(H,7,8)/b;2-1-/t9-;/m1./s1. The minimum atomic E-state index is -1.26. The van der Waals surface area contributed by atoms with Gasteiger partial charge in [0.25, 0.3) is 0 Å². The molecule has 0 radical (unpaired) electrons. The number of carboxylic acids is 2. The van der Waals surface area contributed by atoms with Gasteiger partial charge in [-0.25, -0.2) is 9.59 Å². The molecule has 0 spiro atoms. The molecule has 5 heteroatoms. The molecule has 18 heavy (non-hydrogen) atoms. The van der Waals surface area contributed by atoms with Crippen molar-refractivity contribution in [1.82, 2.24) is 5.32 Å². The lowest BCUT2D eigenvalue weighted by molar-refractivity contribution is -0.134. The highest BCUT2D eigenvalue weighted by Crippen LogP contribution is 1.99. The van der Waals surface area contributed by atoms with Crippen molar-refractivity contribution in [3.8, 4) is 0 Å². The smallest absolute Gasteiger partial charge is 0.328 e. The Hall–Kier alpha value is -1.62. The molecule has 0 aromatic heterocycles. The lowest BCUT2D eigenvalue weighted by Crippen LogP contribution is -2.20. The zero-order valence-corrected chi connectivity index (χ0v) is 11.4. The zero-order valence-electron chi connectivity index (χ0n) is 11.4. The van der Waals surface area contributed by atoms with Crippen LogP contribution in [-0.2, 0) is 9.59 Å². The molecule has 0 aliphatic rings. The normalized spacial score (nSPS) is 11.3. The van der Waals surface area contributed by atoms with E-state index in [1.807, 2.05) is 7.05 Å². The molecule has 0 heterocycles. The molecule has 0 aromatic carbocycles. The molecule has 0 aromatic rings. The molecule has 0 aliphatic heterocycles. The first-order valence-electron chi connectivity index (χ1n) is 5.74. The number of carboxylic acid groups (broad SMARTS) is 2. The summed E-state index contributed by atoms with van der Waals surface area (Å²) in [6, 6.07) is 0.649. The Labute approximate surface area is 108 Å². The molecular weight excluding hydrogens is 234 g/mol.